The lowest BCUT2D eigenvalue weighted by molar-refractivity contribution is 0.0944. The minimum atomic E-state index is -1.09. The van der Waals surface area contributed by atoms with Crippen LogP contribution >= 0.6 is 0 Å². The second-order valence-electron chi connectivity index (χ2n) is 4.04. The largest absolute Gasteiger partial charge is 0.319 e. The first-order valence-corrected chi connectivity index (χ1v) is 4.74. The van der Waals surface area contributed by atoms with Gasteiger partial charge < -0.3 is 5.73 Å². The Labute approximate surface area is 86.1 Å². The van der Waals surface area contributed by atoms with E-state index < -0.39 is 23.0 Å². The highest BCUT2D eigenvalue weighted by atomic mass is 19.2. The van der Waals surface area contributed by atoms with Crippen LogP contribution in [0.25, 0.3) is 0 Å². The third-order valence-electron chi connectivity index (χ3n) is 2.76. The Hall–Kier alpha value is -1.29. The zero-order valence-corrected chi connectivity index (χ0v) is 8.31. The molecule has 1 aromatic rings. The zero-order valence-electron chi connectivity index (χ0n) is 8.31. The summed E-state index contributed by atoms with van der Waals surface area (Å²) in [5, 5.41) is 0. The molecule has 0 atom stereocenters. The SMILES string of the molecule is Cc1ccc(C(=O)C2(N)CC2)c(F)c1F. The average Bonchev–Trinajstić information content (AvgIpc) is 2.94. The van der Waals surface area contributed by atoms with Gasteiger partial charge in [-0.2, -0.15) is 0 Å². The minimum absolute atomic E-state index is 0.186. The van der Waals surface area contributed by atoms with Crippen molar-refractivity contribution >= 4 is 5.78 Å². The molecule has 1 aromatic carbocycles. The predicted molar refractivity (Wildman–Crippen MR) is 51.6 cm³/mol. The number of benzene rings is 1. The van der Waals surface area contributed by atoms with E-state index in [1.54, 1.807) is 0 Å². The van der Waals surface area contributed by atoms with Crippen LogP contribution in [0.2, 0.25) is 0 Å². The number of carbonyl (C=O) groups is 1. The Bertz CT molecular complexity index is 438. The fraction of sp³-hybridized carbons (Fsp3) is 0.364. The molecule has 0 aliphatic heterocycles. The molecule has 0 radical (unpaired) electrons. The van der Waals surface area contributed by atoms with Crippen LogP contribution in [0.1, 0.15) is 28.8 Å². The monoisotopic (exact) mass is 211 g/mol. The molecule has 0 bridgehead atoms. The van der Waals surface area contributed by atoms with Gasteiger partial charge >= 0.3 is 0 Å². The topological polar surface area (TPSA) is 43.1 Å². The Balaban J connectivity index is 2.45. The number of aryl methyl sites for hydroxylation is 1. The quantitative estimate of drug-likeness (QED) is 0.760. The molecule has 2 N–H and O–H groups in total. The summed E-state index contributed by atoms with van der Waals surface area (Å²) in [6.45, 7) is 1.45. The molecule has 1 aliphatic carbocycles. The molecule has 15 heavy (non-hydrogen) atoms. The molecule has 2 nitrogen and oxygen atoms in total. The van der Waals surface area contributed by atoms with Crippen LogP contribution in [-0.4, -0.2) is 11.3 Å². The molecule has 0 heterocycles. The van der Waals surface area contributed by atoms with Gasteiger partial charge in [-0.1, -0.05) is 6.07 Å². The third kappa shape index (κ3) is 1.55. The summed E-state index contributed by atoms with van der Waals surface area (Å²) < 4.78 is 26.6. The molecule has 1 saturated carbocycles. The van der Waals surface area contributed by atoms with Crippen LogP contribution in [-0.2, 0) is 0 Å². The summed E-state index contributed by atoms with van der Waals surface area (Å²) >= 11 is 0. The van der Waals surface area contributed by atoms with Crippen molar-refractivity contribution in [2.75, 3.05) is 0 Å². The van der Waals surface area contributed by atoms with Gasteiger partial charge in [0, 0.05) is 0 Å². The number of nitrogens with two attached hydrogens (primary N) is 1. The van der Waals surface area contributed by atoms with Crippen molar-refractivity contribution in [3.63, 3.8) is 0 Å². The van der Waals surface area contributed by atoms with E-state index in [0.29, 0.717) is 12.8 Å². The number of rotatable bonds is 2. The van der Waals surface area contributed by atoms with Crippen LogP contribution in [0, 0.1) is 18.6 Å². The second kappa shape index (κ2) is 3.10. The van der Waals surface area contributed by atoms with Gasteiger partial charge in [0.05, 0.1) is 11.1 Å². The number of hydrogen-bond acceptors (Lipinski definition) is 2. The minimum Gasteiger partial charge on any atom is -0.319 e. The lowest BCUT2D eigenvalue weighted by atomic mass is 10.0. The summed E-state index contributed by atoms with van der Waals surface area (Å²) in [4.78, 5) is 11.7. The molecule has 1 aliphatic rings. The lowest BCUT2D eigenvalue weighted by Gasteiger charge is -2.09. The van der Waals surface area contributed by atoms with Crippen molar-refractivity contribution in [2.24, 2.45) is 5.73 Å². The average molecular weight is 211 g/mol. The van der Waals surface area contributed by atoms with Gasteiger partial charge in [-0.3, -0.25) is 4.79 Å². The van der Waals surface area contributed by atoms with E-state index in [4.69, 9.17) is 5.73 Å². The number of ketones is 1. The summed E-state index contributed by atoms with van der Waals surface area (Å²) in [6, 6.07) is 2.68. The Morgan fingerprint density at radius 3 is 2.47 bits per heavy atom. The van der Waals surface area contributed by atoms with Crippen LogP contribution in [0.15, 0.2) is 12.1 Å². The van der Waals surface area contributed by atoms with Gasteiger partial charge in [0.15, 0.2) is 17.4 Å². The predicted octanol–water partition coefficient (Wildman–Crippen LogP) is 1.95. The first kappa shape index (κ1) is 10.2. The van der Waals surface area contributed by atoms with E-state index in [9.17, 15) is 13.6 Å². The highest BCUT2D eigenvalue weighted by Gasteiger charge is 2.47. The van der Waals surface area contributed by atoms with Gasteiger partial charge in [0.1, 0.15) is 0 Å². The smallest absolute Gasteiger partial charge is 0.185 e. The number of Topliss-reactive ketones (excluding diaryl/α,β-unsaturated/α-hetero) is 1. The fourth-order valence-electron chi connectivity index (χ4n) is 1.45. The summed E-state index contributed by atoms with van der Waals surface area (Å²) in [5.74, 6) is -2.55. The molecule has 2 rings (SSSR count). The first-order chi connectivity index (χ1) is 6.96. The maximum atomic E-state index is 13.4. The Morgan fingerprint density at radius 1 is 1.33 bits per heavy atom. The Kier molecular flexibility index (Phi) is 2.12. The highest BCUT2D eigenvalue weighted by molar-refractivity contribution is 6.05. The zero-order chi connectivity index (χ0) is 11.2. The van der Waals surface area contributed by atoms with Crippen molar-refractivity contribution in [3.05, 3.63) is 34.9 Å². The van der Waals surface area contributed by atoms with Gasteiger partial charge in [-0.05, 0) is 31.4 Å². The second-order valence-corrected chi connectivity index (χ2v) is 4.04. The molecule has 0 saturated heterocycles. The van der Waals surface area contributed by atoms with Crippen molar-refractivity contribution in [3.8, 4) is 0 Å². The normalized spacial score (nSPS) is 17.6. The highest BCUT2D eigenvalue weighted by Crippen LogP contribution is 2.36. The molecule has 0 unspecified atom stereocenters. The van der Waals surface area contributed by atoms with E-state index >= 15 is 0 Å². The summed E-state index contributed by atoms with van der Waals surface area (Å²) in [7, 11) is 0. The van der Waals surface area contributed by atoms with E-state index in [-0.39, 0.29) is 11.1 Å². The molecule has 0 amide bonds. The molecule has 1 fully saturated rings. The molecular weight excluding hydrogens is 200 g/mol. The number of hydrogen-bond donors (Lipinski definition) is 1. The van der Waals surface area contributed by atoms with Crippen LogP contribution in [0.5, 0.6) is 0 Å². The maximum absolute atomic E-state index is 13.4. The molecule has 0 aromatic heterocycles. The third-order valence-corrected chi connectivity index (χ3v) is 2.76. The van der Waals surface area contributed by atoms with Crippen molar-refractivity contribution in [1.29, 1.82) is 0 Å². The summed E-state index contributed by atoms with van der Waals surface area (Å²) in [5.41, 5.74) is 4.63. The number of carbonyl (C=O) groups excluding carboxylic acids is 1. The van der Waals surface area contributed by atoms with Crippen molar-refractivity contribution < 1.29 is 13.6 Å². The Morgan fingerprint density at radius 2 is 1.93 bits per heavy atom. The first-order valence-electron chi connectivity index (χ1n) is 4.74. The molecule has 4 heteroatoms. The molecular formula is C11H11F2NO. The lowest BCUT2D eigenvalue weighted by Crippen LogP contribution is -2.33. The van der Waals surface area contributed by atoms with E-state index in [1.165, 1.54) is 19.1 Å². The van der Waals surface area contributed by atoms with Crippen molar-refractivity contribution in [1.82, 2.24) is 0 Å². The fourth-order valence-corrected chi connectivity index (χ4v) is 1.45. The maximum Gasteiger partial charge on any atom is 0.185 e. The molecule has 0 spiro atoms. The van der Waals surface area contributed by atoms with Gasteiger partial charge in [0.25, 0.3) is 0 Å². The molecule has 80 valence electrons. The van der Waals surface area contributed by atoms with Gasteiger partial charge in [-0.25, -0.2) is 8.78 Å². The summed E-state index contributed by atoms with van der Waals surface area (Å²) in [6.07, 6.45) is 1.08. The van der Waals surface area contributed by atoms with Crippen LogP contribution in [0.3, 0.4) is 0 Å². The van der Waals surface area contributed by atoms with Crippen LogP contribution < -0.4 is 5.73 Å². The van der Waals surface area contributed by atoms with E-state index in [1.807, 2.05) is 0 Å². The standard InChI is InChI=1S/C11H11F2NO/c1-6-2-3-7(9(13)8(6)12)10(15)11(14)4-5-11/h2-3H,4-5,14H2,1H3. The van der Waals surface area contributed by atoms with E-state index in [0.717, 1.165) is 0 Å². The number of halogens is 2. The van der Waals surface area contributed by atoms with E-state index in [2.05, 4.69) is 0 Å². The van der Waals surface area contributed by atoms with Gasteiger partial charge in [0.2, 0.25) is 0 Å². The van der Waals surface area contributed by atoms with Crippen LogP contribution in [0.4, 0.5) is 8.78 Å². The van der Waals surface area contributed by atoms with Crippen molar-refractivity contribution in [2.45, 2.75) is 25.3 Å². The van der Waals surface area contributed by atoms with Gasteiger partial charge in [-0.15, -0.1) is 0 Å².